The second-order valence-electron chi connectivity index (χ2n) is 8.72. The van der Waals surface area contributed by atoms with E-state index in [1.165, 1.54) is 0 Å². The average Bonchev–Trinajstić information content (AvgIpc) is 2.44. The molecule has 2 aliphatic carbocycles. The minimum atomic E-state index is -0.324. The summed E-state index contributed by atoms with van der Waals surface area (Å²) in [5.41, 5.74) is -1.30. The van der Waals surface area contributed by atoms with E-state index < -0.39 is 0 Å². The molecule has 1 heterocycles. The first-order valence-corrected chi connectivity index (χ1v) is 11.9. The largest absolute Gasteiger partial charge is 0.298 e. The van der Waals surface area contributed by atoms with Crippen LogP contribution in [0.1, 0.15) is 55.4 Å². The fourth-order valence-corrected chi connectivity index (χ4v) is 17.4. The molecule has 3 fully saturated rings. The number of rotatable bonds is 0. The minimum absolute atomic E-state index is 0.123. The van der Waals surface area contributed by atoms with E-state index in [-0.39, 0.29) is 29.8 Å². The summed E-state index contributed by atoms with van der Waals surface area (Å²) in [6.07, 6.45) is 0. The predicted molar refractivity (Wildman–Crippen MR) is 101 cm³/mol. The molecule has 2 saturated carbocycles. The Labute approximate surface area is 149 Å². The number of hydrogen-bond donors (Lipinski definition) is 0. The third-order valence-corrected chi connectivity index (χ3v) is 17.1. The lowest BCUT2D eigenvalue weighted by Crippen LogP contribution is -2.74. The van der Waals surface area contributed by atoms with E-state index in [2.05, 4.69) is 55.4 Å². The Balaban J connectivity index is 1.94. The molecular weight excluding hydrogens is 352 g/mol. The summed E-state index contributed by atoms with van der Waals surface area (Å²) in [4.78, 5) is 25.1. The van der Waals surface area contributed by atoms with Gasteiger partial charge < -0.3 is 0 Å². The van der Waals surface area contributed by atoms with Crippen molar-refractivity contribution in [3.8, 4) is 0 Å². The van der Waals surface area contributed by atoms with E-state index in [4.69, 9.17) is 0 Å². The number of hydrogen-bond acceptors (Lipinski definition) is 6. The van der Waals surface area contributed by atoms with Crippen LogP contribution in [-0.2, 0) is 9.59 Å². The Kier molecular flexibility index (Phi) is 3.42. The van der Waals surface area contributed by atoms with Crippen molar-refractivity contribution in [2.75, 3.05) is 0 Å². The molecule has 6 heteroatoms. The van der Waals surface area contributed by atoms with Crippen molar-refractivity contribution in [1.29, 1.82) is 0 Å². The van der Waals surface area contributed by atoms with Crippen LogP contribution in [0.3, 0.4) is 0 Å². The van der Waals surface area contributed by atoms with E-state index in [0.717, 1.165) is 0 Å². The van der Waals surface area contributed by atoms with Gasteiger partial charge in [0.15, 0.2) is 0 Å². The highest BCUT2D eigenvalue weighted by atomic mass is 33.2. The maximum atomic E-state index is 12.5. The van der Waals surface area contributed by atoms with Gasteiger partial charge in [-0.25, -0.2) is 0 Å². The normalized spacial score (nSPS) is 35.1. The van der Waals surface area contributed by atoms with Crippen LogP contribution >= 0.6 is 43.2 Å². The summed E-state index contributed by atoms with van der Waals surface area (Å²) >= 11 is 0. The summed E-state index contributed by atoms with van der Waals surface area (Å²) in [7, 11) is 7.38. The summed E-state index contributed by atoms with van der Waals surface area (Å²) in [6, 6.07) is 0. The van der Waals surface area contributed by atoms with Crippen molar-refractivity contribution in [2.24, 2.45) is 21.7 Å². The molecular formula is C16H24O2S4. The Morgan fingerprint density at radius 1 is 0.500 bits per heavy atom. The zero-order valence-corrected chi connectivity index (χ0v) is 17.7. The van der Waals surface area contributed by atoms with Gasteiger partial charge in [-0.3, -0.25) is 9.59 Å². The maximum absolute atomic E-state index is 12.5. The molecule has 2 spiro atoms. The van der Waals surface area contributed by atoms with Crippen molar-refractivity contribution in [3.63, 3.8) is 0 Å². The van der Waals surface area contributed by atoms with E-state index in [9.17, 15) is 9.59 Å². The third-order valence-electron chi connectivity index (χ3n) is 6.11. The molecule has 0 unspecified atom stereocenters. The highest BCUT2D eigenvalue weighted by Crippen LogP contribution is 2.86. The zero-order chi connectivity index (χ0) is 17.0. The monoisotopic (exact) mass is 376 g/mol. The van der Waals surface area contributed by atoms with Gasteiger partial charge in [0, 0.05) is 0 Å². The van der Waals surface area contributed by atoms with Crippen molar-refractivity contribution >= 4 is 54.7 Å². The number of carbonyl (C=O) groups excluding carboxylic acids is 2. The Hall–Kier alpha value is 0.740. The number of ketones is 2. The molecule has 1 aliphatic heterocycles. The molecule has 0 N–H and O–H groups in total. The molecule has 0 aromatic rings. The van der Waals surface area contributed by atoms with Gasteiger partial charge >= 0.3 is 0 Å². The maximum Gasteiger partial charge on any atom is 0.148 e. The Morgan fingerprint density at radius 2 is 0.682 bits per heavy atom. The Morgan fingerprint density at radius 3 is 0.864 bits per heavy atom. The molecule has 0 bridgehead atoms. The van der Waals surface area contributed by atoms with Crippen LogP contribution in [-0.4, -0.2) is 19.7 Å². The van der Waals surface area contributed by atoms with Crippen LogP contribution in [0.15, 0.2) is 0 Å². The van der Waals surface area contributed by atoms with Crippen molar-refractivity contribution in [1.82, 2.24) is 0 Å². The van der Waals surface area contributed by atoms with Crippen LogP contribution in [0.5, 0.6) is 0 Å². The molecule has 1 saturated heterocycles. The highest BCUT2D eigenvalue weighted by Gasteiger charge is 2.81. The molecule has 0 aromatic heterocycles. The molecule has 124 valence electrons. The van der Waals surface area contributed by atoms with Gasteiger partial charge in [0.25, 0.3) is 0 Å². The molecule has 0 radical (unpaired) electrons. The first kappa shape index (κ1) is 17.6. The van der Waals surface area contributed by atoms with E-state index >= 15 is 0 Å². The molecule has 0 atom stereocenters. The predicted octanol–water partition coefficient (Wildman–Crippen LogP) is 5.43. The van der Waals surface area contributed by atoms with Crippen molar-refractivity contribution < 1.29 is 9.59 Å². The summed E-state index contributed by atoms with van der Waals surface area (Å²) in [5.74, 6) is 0.695. The fourth-order valence-electron chi connectivity index (χ4n) is 4.69. The van der Waals surface area contributed by atoms with Gasteiger partial charge in [-0.15, -0.1) is 0 Å². The van der Waals surface area contributed by atoms with Gasteiger partial charge in [-0.2, -0.15) is 0 Å². The smallest absolute Gasteiger partial charge is 0.148 e. The molecule has 3 rings (SSSR count). The van der Waals surface area contributed by atoms with Crippen molar-refractivity contribution in [2.45, 2.75) is 63.5 Å². The topological polar surface area (TPSA) is 34.1 Å². The van der Waals surface area contributed by atoms with Gasteiger partial charge in [-0.1, -0.05) is 98.6 Å². The summed E-state index contributed by atoms with van der Waals surface area (Å²) in [6.45, 7) is 16.6. The fraction of sp³-hybridized carbons (Fsp3) is 0.875. The Bertz CT molecular complexity index is 489. The first-order valence-electron chi connectivity index (χ1n) is 7.56. The standard InChI is InChI=1S/C16H24O2S4/c1-11(2)9(17)12(3,4)15(11)19-21-16(22-20-15)13(5,6)10(18)14(16,7)8/h1-8H3. The summed E-state index contributed by atoms with van der Waals surface area (Å²) < 4.78 is -0.245. The quantitative estimate of drug-likeness (QED) is 0.525. The zero-order valence-electron chi connectivity index (χ0n) is 14.4. The van der Waals surface area contributed by atoms with Crippen LogP contribution in [0.2, 0.25) is 0 Å². The molecule has 22 heavy (non-hydrogen) atoms. The summed E-state index contributed by atoms with van der Waals surface area (Å²) in [5, 5.41) is 0. The van der Waals surface area contributed by atoms with Crippen LogP contribution in [0.4, 0.5) is 0 Å². The lowest BCUT2D eigenvalue weighted by Gasteiger charge is -2.71. The van der Waals surface area contributed by atoms with E-state index in [1.807, 2.05) is 43.2 Å². The van der Waals surface area contributed by atoms with E-state index in [1.54, 1.807) is 0 Å². The molecule has 2 nitrogen and oxygen atoms in total. The van der Waals surface area contributed by atoms with Crippen LogP contribution in [0.25, 0.3) is 0 Å². The number of Topliss-reactive ketones (excluding diaryl/α,β-unsaturated/α-hetero) is 2. The second-order valence-corrected chi connectivity index (χ2v) is 14.4. The van der Waals surface area contributed by atoms with Gasteiger partial charge in [0.05, 0.1) is 21.7 Å². The molecule has 3 aliphatic rings. The van der Waals surface area contributed by atoms with Crippen molar-refractivity contribution in [3.05, 3.63) is 0 Å². The minimum Gasteiger partial charge on any atom is -0.298 e. The van der Waals surface area contributed by atoms with Gasteiger partial charge in [0.1, 0.15) is 19.7 Å². The van der Waals surface area contributed by atoms with Gasteiger partial charge in [-0.05, 0) is 0 Å². The second kappa shape index (κ2) is 4.28. The number of carbonyl (C=O) groups is 2. The van der Waals surface area contributed by atoms with Crippen LogP contribution < -0.4 is 0 Å². The lowest BCUT2D eigenvalue weighted by molar-refractivity contribution is -0.153. The molecule has 0 amide bonds. The first-order chi connectivity index (χ1) is 9.72. The highest BCUT2D eigenvalue weighted by molar-refractivity contribution is 8.94. The van der Waals surface area contributed by atoms with Gasteiger partial charge in [0.2, 0.25) is 0 Å². The third kappa shape index (κ3) is 1.45. The SMILES string of the molecule is CC1(C)C(=O)C(C)(C)C12SSC1(SS2)C(C)(C)C(=O)C1(C)C. The van der Waals surface area contributed by atoms with E-state index in [0.29, 0.717) is 11.6 Å². The molecule has 0 aromatic carbocycles. The lowest BCUT2D eigenvalue weighted by atomic mass is 9.53. The average molecular weight is 377 g/mol. The van der Waals surface area contributed by atoms with Crippen LogP contribution in [0, 0.1) is 21.7 Å².